The molecule has 0 saturated heterocycles. The molecule has 2 nitrogen and oxygen atoms in total. The van der Waals surface area contributed by atoms with E-state index in [1.807, 2.05) is 25.1 Å². The summed E-state index contributed by atoms with van der Waals surface area (Å²) in [5.41, 5.74) is 1.13. The van der Waals surface area contributed by atoms with Gasteiger partial charge in [0, 0.05) is 10.7 Å². The number of para-hydroxylation sites is 1. The van der Waals surface area contributed by atoms with E-state index in [4.69, 9.17) is 0 Å². The lowest BCUT2D eigenvalue weighted by Gasteiger charge is -2.04. The molecule has 0 radical (unpaired) electrons. The number of benzene rings is 1. The third-order valence-corrected chi connectivity index (χ3v) is 3.93. The van der Waals surface area contributed by atoms with E-state index in [1.165, 1.54) is 11.8 Å². The number of rotatable bonds is 2. The fraction of sp³-hybridized carbons (Fsp3) is 0.0833. The Morgan fingerprint density at radius 2 is 2.06 bits per heavy atom. The third-order valence-electron chi connectivity index (χ3n) is 2.10. The van der Waals surface area contributed by atoms with Gasteiger partial charge >= 0.3 is 0 Å². The zero-order chi connectivity index (χ0) is 11.5. The predicted molar refractivity (Wildman–Crippen MR) is 68.9 cm³/mol. The molecule has 1 aromatic heterocycles. The summed E-state index contributed by atoms with van der Waals surface area (Å²) in [7, 11) is 0. The van der Waals surface area contributed by atoms with Crippen molar-refractivity contribution in [3.8, 4) is 5.75 Å². The van der Waals surface area contributed by atoms with Gasteiger partial charge in [-0.2, -0.15) is 0 Å². The van der Waals surface area contributed by atoms with Gasteiger partial charge in [-0.05, 0) is 46.6 Å². The van der Waals surface area contributed by atoms with Crippen molar-refractivity contribution in [1.29, 1.82) is 0 Å². The molecule has 0 spiro atoms. The fourth-order valence-electron chi connectivity index (χ4n) is 1.23. The number of aromatic hydroxyl groups is 1. The largest absolute Gasteiger partial charge is 0.507 e. The van der Waals surface area contributed by atoms with E-state index in [9.17, 15) is 5.11 Å². The second-order valence-corrected chi connectivity index (χ2v) is 5.26. The summed E-state index contributed by atoms with van der Waals surface area (Å²) in [6.45, 7) is 2.01. The zero-order valence-electron chi connectivity index (χ0n) is 8.64. The quantitative estimate of drug-likeness (QED) is 0.909. The smallest absolute Gasteiger partial charge is 0.129 e. The Balaban J connectivity index is 2.28. The molecule has 1 heterocycles. The molecule has 1 aromatic carbocycles. The highest BCUT2D eigenvalue weighted by Crippen LogP contribution is 2.33. The molecule has 2 aromatic rings. The van der Waals surface area contributed by atoms with Crippen LogP contribution in [0.25, 0.3) is 0 Å². The third kappa shape index (κ3) is 2.57. The predicted octanol–water partition coefficient (Wildman–Crippen LogP) is 4.01. The normalized spacial score (nSPS) is 10.4. The molecule has 1 N–H and O–H groups in total. The number of phenols is 1. The zero-order valence-corrected chi connectivity index (χ0v) is 11.0. The molecule has 0 unspecified atom stereocenters. The molecule has 0 aliphatic carbocycles. The van der Waals surface area contributed by atoms with Crippen LogP contribution in [0.5, 0.6) is 5.75 Å². The average molecular weight is 296 g/mol. The molecule has 0 bridgehead atoms. The van der Waals surface area contributed by atoms with Gasteiger partial charge in [-0.25, -0.2) is 4.98 Å². The average Bonchev–Trinajstić information content (AvgIpc) is 2.27. The maximum Gasteiger partial charge on any atom is 0.129 e. The number of aryl methyl sites for hydroxylation is 1. The fourth-order valence-corrected chi connectivity index (χ4v) is 2.33. The summed E-state index contributed by atoms with van der Waals surface area (Å²) in [6, 6.07) is 9.24. The molecule has 0 aliphatic heterocycles. The van der Waals surface area contributed by atoms with Gasteiger partial charge in [0.15, 0.2) is 0 Å². The molecule has 0 amide bonds. The van der Waals surface area contributed by atoms with Crippen LogP contribution in [0.2, 0.25) is 0 Å². The lowest BCUT2D eigenvalue weighted by molar-refractivity contribution is 0.462. The molecule has 4 heteroatoms. The molecule has 2 rings (SSSR count). The summed E-state index contributed by atoms with van der Waals surface area (Å²) < 4.78 is 0.995. The van der Waals surface area contributed by atoms with Gasteiger partial charge in [-0.3, -0.25) is 0 Å². The number of hydrogen-bond acceptors (Lipinski definition) is 3. The van der Waals surface area contributed by atoms with Crippen LogP contribution >= 0.6 is 27.7 Å². The maximum atomic E-state index is 9.64. The summed E-state index contributed by atoms with van der Waals surface area (Å²) >= 11 is 4.86. The van der Waals surface area contributed by atoms with E-state index >= 15 is 0 Å². The minimum atomic E-state index is 0.287. The summed E-state index contributed by atoms with van der Waals surface area (Å²) in [4.78, 5) is 5.10. The lowest BCUT2D eigenvalue weighted by atomic mass is 10.3. The Kier molecular flexibility index (Phi) is 3.51. The number of halogens is 1. The SMILES string of the molecule is Cc1cc(Sc2ccccc2O)ncc1Br. The van der Waals surface area contributed by atoms with Gasteiger partial charge in [0.25, 0.3) is 0 Å². The van der Waals surface area contributed by atoms with Gasteiger partial charge in [-0.1, -0.05) is 23.9 Å². The second-order valence-electron chi connectivity index (χ2n) is 3.34. The van der Waals surface area contributed by atoms with Crippen LogP contribution in [0.15, 0.2) is 50.9 Å². The van der Waals surface area contributed by atoms with E-state index in [2.05, 4.69) is 20.9 Å². The number of nitrogens with zero attached hydrogens (tertiary/aromatic N) is 1. The monoisotopic (exact) mass is 295 g/mol. The molecule has 82 valence electrons. The molecule has 0 fully saturated rings. The number of pyridine rings is 1. The van der Waals surface area contributed by atoms with E-state index in [0.717, 1.165) is 20.0 Å². The maximum absolute atomic E-state index is 9.64. The Hall–Kier alpha value is -1.00. The topological polar surface area (TPSA) is 33.1 Å². The van der Waals surface area contributed by atoms with Crippen molar-refractivity contribution < 1.29 is 5.11 Å². The minimum absolute atomic E-state index is 0.287. The van der Waals surface area contributed by atoms with Gasteiger partial charge in [0.05, 0.1) is 4.90 Å². The van der Waals surface area contributed by atoms with Crippen LogP contribution in [-0.4, -0.2) is 10.1 Å². The van der Waals surface area contributed by atoms with Crippen molar-refractivity contribution >= 4 is 27.7 Å². The highest BCUT2D eigenvalue weighted by atomic mass is 79.9. The molecule has 0 atom stereocenters. The Morgan fingerprint density at radius 1 is 1.31 bits per heavy atom. The van der Waals surface area contributed by atoms with Crippen molar-refractivity contribution in [2.75, 3.05) is 0 Å². The van der Waals surface area contributed by atoms with Crippen molar-refractivity contribution in [3.05, 3.63) is 46.6 Å². The van der Waals surface area contributed by atoms with Gasteiger partial charge in [0.1, 0.15) is 10.8 Å². The minimum Gasteiger partial charge on any atom is -0.507 e. The molecular formula is C12H10BrNOS. The van der Waals surface area contributed by atoms with Crippen LogP contribution in [0.3, 0.4) is 0 Å². The Morgan fingerprint density at radius 3 is 2.75 bits per heavy atom. The standard InChI is InChI=1S/C12H10BrNOS/c1-8-6-12(14-7-9(8)13)16-11-5-3-2-4-10(11)15/h2-7,15H,1H3. The number of aromatic nitrogens is 1. The first kappa shape index (κ1) is 11.5. The van der Waals surface area contributed by atoms with Crippen molar-refractivity contribution in [2.24, 2.45) is 0 Å². The van der Waals surface area contributed by atoms with Crippen LogP contribution in [0.1, 0.15) is 5.56 Å². The van der Waals surface area contributed by atoms with E-state index in [1.54, 1.807) is 18.3 Å². The van der Waals surface area contributed by atoms with Crippen molar-refractivity contribution in [1.82, 2.24) is 4.98 Å². The molecule has 0 aliphatic rings. The van der Waals surface area contributed by atoms with E-state index in [-0.39, 0.29) is 5.75 Å². The van der Waals surface area contributed by atoms with Crippen molar-refractivity contribution in [2.45, 2.75) is 16.8 Å². The first-order chi connectivity index (χ1) is 7.66. The van der Waals surface area contributed by atoms with Crippen LogP contribution < -0.4 is 0 Å². The Labute approximate surface area is 107 Å². The van der Waals surface area contributed by atoms with Gasteiger partial charge in [-0.15, -0.1) is 0 Å². The molecule has 16 heavy (non-hydrogen) atoms. The molecular weight excluding hydrogens is 286 g/mol. The van der Waals surface area contributed by atoms with Gasteiger partial charge in [0.2, 0.25) is 0 Å². The van der Waals surface area contributed by atoms with Crippen LogP contribution in [0.4, 0.5) is 0 Å². The van der Waals surface area contributed by atoms with E-state index < -0.39 is 0 Å². The van der Waals surface area contributed by atoms with Crippen molar-refractivity contribution in [3.63, 3.8) is 0 Å². The number of hydrogen-bond donors (Lipinski definition) is 1. The second kappa shape index (κ2) is 4.89. The summed E-state index contributed by atoms with van der Waals surface area (Å²) in [6.07, 6.45) is 1.78. The first-order valence-electron chi connectivity index (χ1n) is 4.75. The first-order valence-corrected chi connectivity index (χ1v) is 6.36. The highest BCUT2D eigenvalue weighted by Gasteiger charge is 2.04. The molecule has 0 saturated carbocycles. The van der Waals surface area contributed by atoms with Crippen LogP contribution in [-0.2, 0) is 0 Å². The number of phenolic OH excluding ortho intramolecular Hbond substituents is 1. The lowest BCUT2D eigenvalue weighted by Crippen LogP contribution is -1.83. The highest BCUT2D eigenvalue weighted by molar-refractivity contribution is 9.10. The van der Waals surface area contributed by atoms with E-state index in [0.29, 0.717) is 0 Å². The Bertz CT molecular complexity index is 516. The summed E-state index contributed by atoms with van der Waals surface area (Å²) in [5, 5.41) is 10.5. The van der Waals surface area contributed by atoms with Crippen LogP contribution in [0, 0.1) is 6.92 Å². The van der Waals surface area contributed by atoms with Gasteiger partial charge < -0.3 is 5.11 Å². The summed E-state index contributed by atoms with van der Waals surface area (Å²) in [5.74, 6) is 0.287.